The summed E-state index contributed by atoms with van der Waals surface area (Å²) < 4.78 is 1.13. The molecule has 1 aromatic rings. The minimum Gasteiger partial charge on any atom is -0.323 e. The van der Waals surface area contributed by atoms with Crippen LogP contribution in [0.4, 0.5) is 0 Å². The van der Waals surface area contributed by atoms with Crippen LogP contribution >= 0.6 is 27.7 Å². The van der Waals surface area contributed by atoms with Gasteiger partial charge in [0.25, 0.3) is 0 Å². The Labute approximate surface area is 91.2 Å². The standard InChI is InChI=1S/C10H12BrNS/c1-6-10(12)9-4-8(11)3-2-7(9)5-13-6/h2-4,6,10H,5,12H2,1H3. The Kier molecular flexibility index (Phi) is 2.67. The van der Waals surface area contributed by atoms with Crippen molar-refractivity contribution >= 4 is 27.7 Å². The Morgan fingerprint density at radius 2 is 2.31 bits per heavy atom. The predicted molar refractivity (Wildman–Crippen MR) is 61.8 cm³/mol. The second-order valence-corrected chi connectivity index (χ2v) is 5.67. The van der Waals surface area contributed by atoms with Crippen LogP contribution in [0.2, 0.25) is 0 Å². The molecule has 0 aromatic heterocycles. The summed E-state index contributed by atoms with van der Waals surface area (Å²) in [5.41, 5.74) is 8.81. The van der Waals surface area contributed by atoms with Crippen LogP contribution in [0, 0.1) is 0 Å². The lowest BCUT2D eigenvalue weighted by Crippen LogP contribution is -2.25. The van der Waals surface area contributed by atoms with Gasteiger partial charge in [0.1, 0.15) is 0 Å². The number of thioether (sulfide) groups is 1. The van der Waals surface area contributed by atoms with Crippen molar-refractivity contribution in [2.75, 3.05) is 0 Å². The number of hydrogen-bond acceptors (Lipinski definition) is 2. The molecule has 2 atom stereocenters. The van der Waals surface area contributed by atoms with E-state index in [4.69, 9.17) is 5.73 Å². The van der Waals surface area contributed by atoms with Gasteiger partial charge in [0, 0.05) is 21.5 Å². The minimum absolute atomic E-state index is 0.186. The molecule has 70 valence electrons. The van der Waals surface area contributed by atoms with Crippen molar-refractivity contribution in [3.8, 4) is 0 Å². The molecule has 1 heterocycles. The van der Waals surface area contributed by atoms with Gasteiger partial charge >= 0.3 is 0 Å². The van der Waals surface area contributed by atoms with Crippen LogP contribution in [-0.4, -0.2) is 5.25 Å². The van der Waals surface area contributed by atoms with Gasteiger partial charge in [-0.1, -0.05) is 28.9 Å². The zero-order valence-corrected chi connectivity index (χ0v) is 9.86. The topological polar surface area (TPSA) is 26.0 Å². The third-order valence-electron chi connectivity index (χ3n) is 2.47. The van der Waals surface area contributed by atoms with E-state index in [1.807, 2.05) is 11.8 Å². The Hall–Kier alpha value is 0.01000. The second kappa shape index (κ2) is 3.64. The molecule has 0 aliphatic carbocycles. The first kappa shape index (κ1) is 9.56. The molecule has 0 fully saturated rings. The minimum atomic E-state index is 0.186. The first-order chi connectivity index (χ1) is 6.18. The normalized spacial score (nSPS) is 27.0. The fourth-order valence-electron chi connectivity index (χ4n) is 1.59. The third kappa shape index (κ3) is 1.78. The molecule has 2 unspecified atom stereocenters. The van der Waals surface area contributed by atoms with Crippen molar-refractivity contribution in [3.05, 3.63) is 33.8 Å². The molecule has 1 aromatic carbocycles. The Bertz CT molecular complexity index is 327. The maximum atomic E-state index is 6.12. The molecule has 13 heavy (non-hydrogen) atoms. The van der Waals surface area contributed by atoms with Crippen LogP contribution in [0.3, 0.4) is 0 Å². The first-order valence-electron chi connectivity index (χ1n) is 4.34. The average Bonchev–Trinajstić information content (AvgIpc) is 2.12. The lowest BCUT2D eigenvalue weighted by atomic mass is 9.99. The van der Waals surface area contributed by atoms with Gasteiger partial charge in [-0.25, -0.2) is 0 Å². The van der Waals surface area contributed by atoms with Gasteiger partial charge in [-0.3, -0.25) is 0 Å². The monoisotopic (exact) mass is 257 g/mol. The summed E-state index contributed by atoms with van der Waals surface area (Å²) in [7, 11) is 0. The van der Waals surface area contributed by atoms with Crippen molar-refractivity contribution in [2.24, 2.45) is 5.73 Å². The Balaban J connectivity index is 2.45. The predicted octanol–water partition coefficient (Wildman–Crippen LogP) is 3.08. The van der Waals surface area contributed by atoms with E-state index >= 15 is 0 Å². The van der Waals surface area contributed by atoms with Gasteiger partial charge in [0.05, 0.1) is 0 Å². The summed E-state index contributed by atoms with van der Waals surface area (Å²) >= 11 is 5.41. The van der Waals surface area contributed by atoms with E-state index in [1.54, 1.807) is 0 Å². The molecule has 0 amide bonds. The highest BCUT2D eigenvalue weighted by molar-refractivity contribution is 9.10. The highest BCUT2D eigenvalue weighted by atomic mass is 79.9. The van der Waals surface area contributed by atoms with Crippen LogP contribution in [0.5, 0.6) is 0 Å². The van der Waals surface area contributed by atoms with Crippen LogP contribution in [0.25, 0.3) is 0 Å². The number of rotatable bonds is 0. The van der Waals surface area contributed by atoms with Gasteiger partial charge < -0.3 is 5.73 Å². The molecule has 1 aliphatic rings. The Morgan fingerprint density at radius 3 is 3.08 bits per heavy atom. The average molecular weight is 258 g/mol. The molecule has 3 heteroatoms. The summed E-state index contributed by atoms with van der Waals surface area (Å²) in [6.45, 7) is 2.19. The summed E-state index contributed by atoms with van der Waals surface area (Å²) in [6.07, 6.45) is 0. The molecule has 0 spiro atoms. The lowest BCUT2D eigenvalue weighted by molar-refractivity contribution is 0.698. The van der Waals surface area contributed by atoms with Crippen LogP contribution in [-0.2, 0) is 5.75 Å². The second-order valence-electron chi connectivity index (χ2n) is 3.39. The third-order valence-corrected chi connectivity index (χ3v) is 4.26. The number of nitrogens with two attached hydrogens (primary N) is 1. The molecule has 0 bridgehead atoms. The molecular weight excluding hydrogens is 246 g/mol. The van der Waals surface area contributed by atoms with Crippen LogP contribution in [0.1, 0.15) is 24.1 Å². The van der Waals surface area contributed by atoms with Crippen molar-refractivity contribution < 1.29 is 0 Å². The summed E-state index contributed by atoms with van der Waals surface area (Å²) in [5, 5.41) is 0.529. The summed E-state index contributed by atoms with van der Waals surface area (Å²) in [5.74, 6) is 1.09. The lowest BCUT2D eigenvalue weighted by Gasteiger charge is -2.28. The maximum Gasteiger partial charge on any atom is 0.0416 e. The summed E-state index contributed by atoms with van der Waals surface area (Å²) in [6, 6.07) is 6.59. The van der Waals surface area contributed by atoms with E-state index in [-0.39, 0.29) is 6.04 Å². The van der Waals surface area contributed by atoms with Gasteiger partial charge in [0.15, 0.2) is 0 Å². The number of fused-ring (bicyclic) bond motifs is 1. The fraction of sp³-hybridized carbons (Fsp3) is 0.400. The van der Waals surface area contributed by atoms with Crippen molar-refractivity contribution in [3.63, 3.8) is 0 Å². The van der Waals surface area contributed by atoms with Gasteiger partial charge in [-0.2, -0.15) is 11.8 Å². The zero-order valence-electron chi connectivity index (χ0n) is 7.46. The van der Waals surface area contributed by atoms with E-state index in [9.17, 15) is 0 Å². The maximum absolute atomic E-state index is 6.12. The SMILES string of the molecule is CC1SCc2ccc(Br)cc2C1N. The first-order valence-corrected chi connectivity index (χ1v) is 6.18. The number of hydrogen-bond donors (Lipinski definition) is 1. The highest BCUT2D eigenvalue weighted by Gasteiger charge is 2.23. The fourth-order valence-corrected chi connectivity index (χ4v) is 3.02. The van der Waals surface area contributed by atoms with Gasteiger partial charge in [-0.15, -0.1) is 0 Å². The number of halogens is 1. The molecule has 2 N–H and O–H groups in total. The van der Waals surface area contributed by atoms with Crippen molar-refractivity contribution in [1.29, 1.82) is 0 Å². The molecule has 2 rings (SSSR count). The molecule has 0 saturated heterocycles. The summed E-state index contributed by atoms with van der Waals surface area (Å²) in [4.78, 5) is 0. The largest absolute Gasteiger partial charge is 0.323 e. The van der Waals surface area contributed by atoms with Crippen LogP contribution in [0.15, 0.2) is 22.7 Å². The quantitative estimate of drug-likeness (QED) is 0.773. The van der Waals surface area contributed by atoms with Crippen molar-refractivity contribution in [2.45, 2.75) is 24.0 Å². The molecule has 0 radical (unpaired) electrons. The molecular formula is C10H12BrNS. The molecule has 1 aliphatic heterocycles. The van der Waals surface area contributed by atoms with E-state index in [2.05, 4.69) is 41.1 Å². The molecule has 1 nitrogen and oxygen atoms in total. The number of benzene rings is 1. The zero-order chi connectivity index (χ0) is 9.42. The molecule has 0 saturated carbocycles. The van der Waals surface area contributed by atoms with E-state index in [0.717, 1.165) is 10.2 Å². The van der Waals surface area contributed by atoms with Gasteiger partial charge in [-0.05, 0) is 23.3 Å². The van der Waals surface area contributed by atoms with E-state index in [1.165, 1.54) is 11.1 Å². The van der Waals surface area contributed by atoms with E-state index < -0.39 is 0 Å². The smallest absolute Gasteiger partial charge is 0.0416 e. The van der Waals surface area contributed by atoms with E-state index in [0.29, 0.717) is 5.25 Å². The van der Waals surface area contributed by atoms with Crippen molar-refractivity contribution in [1.82, 2.24) is 0 Å². The van der Waals surface area contributed by atoms with Crippen LogP contribution < -0.4 is 5.73 Å². The highest BCUT2D eigenvalue weighted by Crippen LogP contribution is 2.36. The Morgan fingerprint density at radius 1 is 1.54 bits per heavy atom. The van der Waals surface area contributed by atoms with Gasteiger partial charge in [0.2, 0.25) is 0 Å².